The van der Waals surface area contributed by atoms with E-state index in [-0.39, 0.29) is 11.4 Å². The highest BCUT2D eigenvalue weighted by Crippen LogP contribution is 2.49. The fourth-order valence-corrected chi connectivity index (χ4v) is 3.98. The molecule has 0 bridgehead atoms. The van der Waals surface area contributed by atoms with E-state index in [0.29, 0.717) is 6.42 Å². The highest BCUT2D eigenvalue weighted by Gasteiger charge is 2.45. The molecule has 1 atom stereocenters. The number of carbonyl (C=O) groups excluding carboxylic acids is 1. The maximum atomic E-state index is 12.9. The molecule has 2 aromatic rings. The Bertz CT molecular complexity index is 788. The van der Waals surface area contributed by atoms with Gasteiger partial charge in [0.15, 0.2) is 5.78 Å². The summed E-state index contributed by atoms with van der Waals surface area (Å²) in [5, 5.41) is 0. The Kier molecular flexibility index (Phi) is 3.33. The molecule has 1 spiro atoms. The summed E-state index contributed by atoms with van der Waals surface area (Å²) in [4.78, 5) is 12.9. The molecule has 0 N–H and O–H groups in total. The lowest BCUT2D eigenvalue weighted by molar-refractivity contribution is 0.00708. The summed E-state index contributed by atoms with van der Waals surface area (Å²) in [5.41, 5.74) is 3.86. The number of aryl methyl sites for hydroxylation is 1. The predicted octanol–water partition coefficient (Wildman–Crippen LogP) is 4.80. The monoisotopic (exact) mass is 304 g/mol. The lowest BCUT2D eigenvalue weighted by Crippen LogP contribution is -2.31. The van der Waals surface area contributed by atoms with Gasteiger partial charge in [0.1, 0.15) is 11.4 Å². The van der Waals surface area contributed by atoms with Crippen LogP contribution in [0.2, 0.25) is 0 Å². The van der Waals surface area contributed by atoms with Gasteiger partial charge >= 0.3 is 0 Å². The van der Waals surface area contributed by atoms with Crippen LogP contribution in [0.4, 0.5) is 0 Å². The zero-order valence-corrected chi connectivity index (χ0v) is 13.3. The predicted molar refractivity (Wildman–Crippen MR) is 90.2 cm³/mol. The van der Waals surface area contributed by atoms with E-state index in [1.807, 2.05) is 37.3 Å². The average molecular weight is 304 g/mol. The first kappa shape index (κ1) is 14.3. The van der Waals surface area contributed by atoms with Crippen molar-refractivity contribution >= 4 is 5.78 Å². The third-order valence-electron chi connectivity index (χ3n) is 5.08. The summed E-state index contributed by atoms with van der Waals surface area (Å²) in [5.74, 6) is 0.888. The first-order valence-electron chi connectivity index (χ1n) is 8.26. The second kappa shape index (κ2) is 5.38. The molecule has 2 heteroatoms. The summed E-state index contributed by atoms with van der Waals surface area (Å²) >= 11 is 0. The van der Waals surface area contributed by atoms with Crippen LogP contribution in [-0.2, 0) is 16.8 Å². The van der Waals surface area contributed by atoms with Crippen molar-refractivity contribution in [1.82, 2.24) is 0 Å². The number of ketones is 1. The Balaban J connectivity index is 1.70. The summed E-state index contributed by atoms with van der Waals surface area (Å²) < 4.78 is 6.33. The second-order valence-electron chi connectivity index (χ2n) is 6.51. The molecule has 0 saturated carbocycles. The van der Waals surface area contributed by atoms with Crippen molar-refractivity contribution in [3.63, 3.8) is 0 Å². The maximum Gasteiger partial charge on any atom is 0.192 e. The number of fused-ring (bicyclic) bond motifs is 2. The number of hydrogen-bond acceptors (Lipinski definition) is 2. The van der Waals surface area contributed by atoms with Gasteiger partial charge in [-0.1, -0.05) is 54.6 Å². The Morgan fingerprint density at radius 2 is 1.78 bits per heavy atom. The number of rotatable bonds is 2. The SMILES string of the molecule is CC1=C(C(=O)c2ccccc2)CC2(CCCc3ccccc32)O1. The first-order valence-corrected chi connectivity index (χ1v) is 8.26. The quantitative estimate of drug-likeness (QED) is 0.745. The molecule has 0 radical (unpaired) electrons. The van der Waals surface area contributed by atoms with Crippen molar-refractivity contribution in [2.75, 3.05) is 0 Å². The van der Waals surface area contributed by atoms with Crippen LogP contribution in [0.15, 0.2) is 65.9 Å². The summed E-state index contributed by atoms with van der Waals surface area (Å²) in [6.07, 6.45) is 3.87. The largest absolute Gasteiger partial charge is 0.486 e. The molecule has 23 heavy (non-hydrogen) atoms. The summed E-state index contributed by atoms with van der Waals surface area (Å²) in [6.45, 7) is 1.93. The van der Waals surface area contributed by atoms with E-state index < -0.39 is 0 Å². The molecule has 1 unspecified atom stereocenters. The number of carbonyl (C=O) groups is 1. The van der Waals surface area contributed by atoms with E-state index in [9.17, 15) is 4.79 Å². The average Bonchev–Trinajstić information content (AvgIpc) is 2.92. The van der Waals surface area contributed by atoms with Crippen molar-refractivity contribution < 1.29 is 9.53 Å². The van der Waals surface area contributed by atoms with Gasteiger partial charge in [-0.3, -0.25) is 4.79 Å². The third kappa shape index (κ3) is 2.29. The minimum atomic E-state index is -0.335. The number of allylic oxidation sites excluding steroid dienone is 1. The number of Topliss-reactive ketones (excluding diaryl/α,β-unsaturated/α-hetero) is 1. The van der Waals surface area contributed by atoms with Crippen molar-refractivity contribution in [3.8, 4) is 0 Å². The summed E-state index contributed by atoms with van der Waals surface area (Å²) in [7, 11) is 0. The van der Waals surface area contributed by atoms with Gasteiger partial charge in [-0.15, -0.1) is 0 Å². The van der Waals surface area contributed by atoms with Gasteiger partial charge in [0.2, 0.25) is 0 Å². The van der Waals surface area contributed by atoms with E-state index in [1.165, 1.54) is 11.1 Å². The second-order valence-corrected chi connectivity index (χ2v) is 6.51. The minimum Gasteiger partial charge on any atom is -0.486 e. The molecule has 116 valence electrons. The normalized spacial score (nSPS) is 22.8. The van der Waals surface area contributed by atoms with E-state index >= 15 is 0 Å². The molecule has 2 nitrogen and oxygen atoms in total. The highest BCUT2D eigenvalue weighted by atomic mass is 16.5. The van der Waals surface area contributed by atoms with Crippen LogP contribution in [0.25, 0.3) is 0 Å². The van der Waals surface area contributed by atoms with Crippen LogP contribution < -0.4 is 0 Å². The maximum absolute atomic E-state index is 12.9. The molecular formula is C21H20O2. The van der Waals surface area contributed by atoms with Crippen LogP contribution in [-0.4, -0.2) is 5.78 Å². The molecular weight excluding hydrogens is 284 g/mol. The van der Waals surface area contributed by atoms with E-state index in [4.69, 9.17) is 4.74 Å². The van der Waals surface area contributed by atoms with Crippen LogP contribution in [0.3, 0.4) is 0 Å². The topological polar surface area (TPSA) is 26.3 Å². The van der Waals surface area contributed by atoms with Crippen molar-refractivity contribution in [3.05, 3.63) is 82.6 Å². The number of ether oxygens (including phenoxy) is 1. The van der Waals surface area contributed by atoms with Crippen LogP contribution in [0.5, 0.6) is 0 Å². The van der Waals surface area contributed by atoms with Gasteiger partial charge in [-0.2, -0.15) is 0 Å². The molecule has 0 amide bonds. The third-order valence-corrected chi connectivity index (χ3v) is 5.08. The lowest BCUT2D eigenvalue weighted by Gasteiger charge is -2.35. The van der Waals surface area contributed by atoms with Gasteiger partial charge < -0.3 is 4.74 Å². The Labute approximate surface area is 136 Å². The molecule has 0 fully saturated rings. The van der Waals surface area contributed by atoms with E-state index in [0.717, 1.165) is 36.2 Å². The van der Waals surface area contributed by atoms with Crippen LogP contribution >= 0.6 is 0 Å². The molecule has 0 aromatic heterocycles. The molecule has 0 saturated heterocycles. The van der Waals surface area contributed by atoms with Gasteiger partial charge in [0, 0.05) is 17.6 Å². The Morgan fingerprint density at radius 3 is 2.61 bits per heavy atom. The van der Waals surface area contributed by atoms with Crippen LogP contribution in [0, 0.1) is 0 Å². The lowest BCUT2D eigenvalue weighted by atomic mass is 9.76. The first-order chi connectivity index (χ1) is 11.2. The van der Waals surface area contributed by atoms with E-state index in [2.05, 4.69) is 24.3 Å². The fourth-order valence-electron chi connectivity index (χ4n) is 3.98. The van der Waals surface area contributed by atoms with Crippen molar-refractivity contribution in [1.29, 1.82) is 0 Å². The smallest absolute Gasteiger partial charge is 0.192 e. The summed E-state index contributed by atoms with van der Waals surface area (Å²) in [6, 6.07) is 18.0. The van der Waals surface area contributed by atoms with Crippen molar-refractivity contribution in [2.45, 2.75) is 38.2 Å². The Hall–Kier alpha value is -2.35. The highest BCUT2D eigenvalue weighted by molar-refractivity contribution is 6.09. The van der Waals surface area contributed by atoms with E-state index in [1.54, 1.807) is 0 Å². The number of hydrogen-bond donors (Lipinski definition) is 0. The van der Waals surface area contributed by atoms with Crippen molar-refractivity contribution in [2.24, 2.45) is 0 Å². The molecule has 1 heterocycles. The van der Waals surface area contributed by atoms with Gasteiger partial charge in [-0.25, -0.2) is 0 Å². The fraction of sp³-hybridized carbons (Fsp3) is 0.286. The number of benzene rings is 2. The zero-order chi connectivity index (χ0) is 15.9. The molecule has 2 aromatic carbocycles. The zero-order valence-electron chi connectivity index (χ0n) is 13.3. The molecule has 2 aliphatic rings. The molecule has 4 rings (SSSR count). The molecule has 1 aliphatic carbocycles. The Morgan fingerprint density at radius 1 is 1.04 bits per heavy atom. The molecule has 1 aliphatic heterocycles. The van der Waals surface area contributed by atoms with Crippen LogP contribution in [0.1, 0.15) is 47.7 Å². The minimum absolute atomic E-state index is 0.100. The van der Waals surface area contributed by atoms with Gasteiger partial charge in [0.05, 0.1) is 0 Å². The van der Waals surface area contributed by atoms with Gasteiger partial charge in [-0.05, 0) is 37.3 Å². The standard InChI is InChI=1S/C21H20O2/c1-15-18(20(22)17-9-3-2-4-10-17)14-21(23-15)13-7-11-16-8-5-6-12-19(16)21/h2-6,8-10,12H,7,11,13-14H2,1H3. The van der Waals surface area contributed by atoms with Gasteiger partial charge in [0.25, 0.3) is 0 Å².